The van der Waals surface area contributed by atoms with Crippen molar-refractivity contribution in [2.75, 3.05) is 12.3 Å². The zero-order valence-electron chi connectivity index (χ0n) is 8.80. The first-order valence-electron chi connectivity index (χ1n) is 5.00. The largest absolute Gasteiger partial charge is 0.479 e. The molecular formula is C11H10ClNO3S. The summed E-state index contributed by atoms with van der Waals surface area (Å²) in [6.07, 6.45) is 0. The van der Waals surface area contributed by atoms with E-state index in [-0.39, 0.29) is 5.91 Å². The van der Waals surface area contributed by atoms with E-state index in [2.05, 4.69) is 0 Å². The second kappa shape index (κ2) is 4.98. The van der Waals surface area contributed by atoms with Crippen molar-refractivity contribution in [3.8, 4) is 0 Å². The lowest BCUT2D eigenvalue weighted by Gasteiger charge is -2.20. The van der Waals surface area contributed by atoms with Gasteiger partial charge in [-0.05, 0) is 24.3 Å². The van der Waals surface area contributed by atoms with Crippen molar-refractivity contribution < 1.29 is 14.7 Å². The minimum Gasteiger partial charge on any atom is -0.479 e. The maximum Gasteiger partial charge on any atom is 0.337 e. The Morgan fingerprint density at radius 1 is 1.35 bits per heavy atom. The molecule has 90 valence electrons. The summed E-state index contributed by atoms with van der Waals surface area (Å²) in [5.41, 5.74) is 0.461. The SMILES string of the molecule is O=C(O)[C@@H]1SCCN1C(=O)c1ccc(Cl)cc1. The van der Waals surface area contributed by atoms with Gasteiger partial charge < -0.3 is 10.0 Å². The highest BCUT2D eigenvalue weighted by atomic mass is 35.5. The highest BCUT2D eigenvalue weighted by Crippen LogP contribution is 2.25. The first kappa shape index (κ1) is 12.3. The van der Waals surface area contributed by atoms with E-state index in [1.165, 1.54) is 16.7 Å². The van der Waals surface area contributed by atoms with Gasteiger partial charge in [-0.25, -0.2) is 4.79 Å². The molecule has 1 saturated heterocycles. The molecule has 1 atom stereocenters. The molecule has 1 amide bonds. The summed E-state index contributed by atoms with van der Waals surface area (Å²) in [5.74, 6) is -0.593. The Morgan fingerprint density at radius 3 is 2.59 bits per heavy atom. The van der Waals surface area contributed by atoms with E-state index in [9.17, 15) is 9.59 Å². The standard InChI is InChI=1S/C11H10ClNO3S/c12-8-3-1-7(2-4-8)9(14)13-5-6-17-10(13)11(15)16/h1-4,10H,5-6H2,(H,15,16)/t10-/m0/s1. The molecule has 0 radical (unpaired) electrons. The maximum atomic E-state index is 12.1. The molecule has 1 aliphatic rings. The molecule has 0 bridgehead atoms. The summed E-state index contributed by atoms with van der Waals surface area (Å²) in [7, 11) is 0. The number of benzene rings is 1. The van der Waals surface area contributed by atoms with Gasteiger partial charge in [0.1, 0.15) is 0 Å². The minimum absolute atomic E-state index is 0.265. The molecule has 6 heteroatoms. The Hall–Kier alpha value is -1.20. The lowest BCUT2D eigenvalue weighted by Crippen LogP contribution is -2.39. The Labute approximate surface area is 108 Å². The van der Waals surface area contributed by atoms with Gasteiger partial charge in [-0.15, -0.1) is 11.8 Å². The summed E-state index contributed by atoms with van der Waals surface area (Å²) >= 11 is 7.00. The van der Waals surface area contributed by atoms with E-state index >= 15 is 0 Å². The topological polar surface area (TPSA) is 57.6 Å². The molecule has 1 fully saturated rings. The average Bonchev–Trinajstić information content (AvgIpc) is 2.78. The lowest BCUT2D eigenvalue weighted by molar-refractivity contribution is -0.138. The number of carboxylic acid groups (broad SMARTS) is 1. The number of amides is 1. The predicted octanol–water partition coefficient (Wildman–Crippen LogP) is 1.94. The summed E-state index contributed by atoms with van der Waals surface area (Å²) in [5, 5.41) is 8.76. The van der Waals surface area contributed by atoms with E-state index < -0.39 is 11.3 Å². The fourth-order valence-electron chi connectivity index (χ4n) is 1.64. The van der Waals surface area contributed by atoms with Crippen molar-refractivity contribution in [3.63, 3.8) is 0 Å². The number of hydrogen-bond acceptors (Lipinski definition) is 3. The van der Waals surface area contributed by atoms with Crippen LogP contribution in [0.2, 0.25) is 5.02 Å². The van der Waals surface area contributed by atoms with Crippen molar-refractivity contribution in [1.82, 2.24) is 4.90 Å². The normalized spacial score (nSPS) is 19.4. The van der Waals surface area contributed by atoms with E-state index in [0.717, 1.165) is 0 Å². The van der Waals surface area contributed by atoms with E-state index in [1.807, 2.05) is 0 Å². The van der Waals surface area contributed by atoms with Crippen LogP contribution in [0.4, 0.5) is 0 Å². The first-order valence-corrected chi connectivity index (χ1v) is 6.43. The van der Waals surface area contributed by atoms with Crippen molar-refractivity contribution in [3.05, 3.63) is 34.9 Å². The van der Waals surface area contributed by atoms with Crippen LogP contribution in [0.1, 0.15) is 10.4 Å². The lowest BCUT2D eigenvalue weighted by atomic mass is 10.2. The van der Waals surface area contributed by atoms with Crippen LogP contribution in [0.15, 0.2) is 24.3 Å². The number of carbonyl (C=O) groups is 2. The smallest absolute Gasteiger partial charge is 0.337 e. The van der Waals surface area contributed by atoms with Crippen LogP contribution < -0.4 is 0 Å². The Kier molecular flexibility index (Phi) is 3.59. The third kappa shape index (κ3) is 2.56. The molecule has 1 N–H and O–H groups in total. The predicted molar refractivity (Wildman–Crippen MR) is 66.4 cm³/mol. The van der Waals surface area contributed by atoms with Crippen molar-refractivity contribution >= 4 is 35.2 Å². The summed E-state index contributed by atoms with van der Waals surface area (Å²) in [6.45, 7) is 0.461. The fourth-order valence-corrected chi connectivity index (χ4v) is 2.82. The molecule has 0 aromatic heterocycles. The summed E-state index contributed by atoms with van der Waals surface area (Å²) in [4.78, 5) is 24.4. The Morgan fingerprint density at radius 2 is 2.00 bits per heavy atom. The molecule has 1 aliphatic heterocycles. The van der Waals surface area contributed by atoms with Crippen LogP contribution >= 0.6 is 23.4 Å². The number of nitrogens with zero attached hydrogens (tertiary/aromatic N) is 1. The van der Waals surface area contributed by atoms with Gasteiger partial charge in [-0.3, -0.25) is 4.79 Å². The van der Waals surface area contributed by atoms with Crippen LogP contribution in [0, 0.1) is 0 Å². The molecule has 1 aromatic carbocycles. The molecule has 0 saturated carbocycles. The quantitative estimate of drug-likeness (QED) is 0.893. The highest BCUT2D eigenvalue weighted by Gasteiger charge is 2.35. The third-order valence-corrected chi connectivity index (χ3v) is 3.90. The van der Waals surface area contributed by atoms with Gasteiger partial charge >= 0.3 is 5.97 Å². The monoisotopic (exact) mass is 271 g/mol. The zero-order valence-corrected chi connectivity index (χ0v) is 10.4. The van der Waals surface area contributed by atoms with Crippen molar-refractivity contribution in [2.24, 2.45) is 0 Å². The van der Waals surface area contributed by atoms with E-state index in [0.29, 0.717) is 22.9 Å². The summed E-state index contributed by atoms with van der Waals surface area (Å²) < 4.78 is 0. The number of halogens is 1. The zero-order chi connectivity index (χ0) is 12.4. The van der Waals surface area contributed by atoms with Crippen molar-refractivity contribution in [2.45, 2.75) is 5.37 Å². The molecule has 2 rings (SSSR count). The third-order valence-electron chi connectivity index (χ3n) is 2.45. The van der Waals surface area contributed by atoms with Gasteiger partial charge in [-0.2, -0.15) is 0 Å². The van der Waals surface area contributed by atoms with Gasteiger partial charge in [0.25, 0.3) is 5.91 Å². The molecule has 4 nitrogen and oxygen atoms in total. The number of rotatable bonds is 2. The molecule has 0 unspecified atom stereocenters. The van der Waals surface area contributed by atoms with E-state index in [1.54, 1.807) is 24.3 Å². The van der Waals surface area contributed by atoms with Crippen LogP contribution in [0.5, 0.6) is 0 Å². The second-order valence-electron chi connectivity index (χ2n) is 3.57. The Bertz CT molecular complexity index is 449. The molecule has 0 spiro atoms. The molecule has 17 heavy (non-hydrogen) atoms. The van der Waals surface area contributed by atoms with Crippen LogP contribution in [0.3, 0.4) is 0 Å². The number of thioether (sulfide) groups is 1. The summed E-state index contributed by atoms with van der Waals surface area (Å²) in [6, 6.07) is 6.45. The Balaban J connectivity index is 2.19. The van der Waals surface area contributed by atoms with Crippen molar-refractivity contribution in [1.29, 1.82) is 0 Å². The van der Waals surface area contributed by atoms with Gasteiger partial charge in [0, 0.05) is 22.9 Å². The minimum atomic E-state index is -0.977. The number of carboxylic acids is 1. The van der Waals surface area contributed by atoms with Gasteiger partial charge in [-0.1, -0.05) is 11.6 Å². The van der Waals surface area contributed by atoms with Crippen LogP contribution in [-0.4, -0.2) is 39.6 Å². The first-order chi connectivity index (χ1) is 8.09. The van der Waals surface area contributed by atoms with Crippen LogP contribution in [-0.2, 0) is 4.79 Å². The van der Waals surface area contributed by atoms with Gasteiger partial charge in [0.05, 0.1) is 0 Å². The number of hydrogen-bond donors (Lipinski definition) is 1. The van der Waals surface area contributed by atoms with Crippen LogP contribution in [0.25, 0.3) is 0 Å². The fraction of sp³-hybridized carbons (Fsp3) is 0.273. The number of carbonyl (C=O) groups excluding carboxylic acids is 1. The molecule has 1 heterocycles. The maximum absolute atomic E-state index is 12.1. The average molecular weight is 272 g/mol. The number of aliphatic carboxylic acids is 1. The van der Waals surface area contributed by atoms with E-state index in [4.69, 9.17) is 16.7 Å². The highest BCUT2D eigenvalue weighted by molar-refractivity contribution is 8.00. The molecule has 1 aromatic rings. The molecule has 0 aliphatic carbocycles. The second-order valence-corrected chi connectivity index (χ2v) is 5.19. The van der Waals surface area contributed by atoms with Gasteiger partial charge in [0.15, 0.2) is 5.37 Å². The van der Waals surface area contributed by atoms with Gasteiger partial charge in [0.2, 0.25) is 0 Å². The molecular weight excluding hydrogens is 262 g/mol.